The van der Waals surface area contributed by atoms with Crippen LogP contribution in [0.5, 0.6) is 0 Å². The Kier molecular flexibility index (Phi) is 3.68. The number of nitrogens with one attached hydrogen (secondary N) is 1. The van der Waals surface area contributed by atoms with Gasteiger partial charge in [-0.15, -0.1) is 5.10 Å². The zero-order chi connectivity index (χ0) is 13.9. The van der Waals surface area contributed by atoms with Gasteiger partial charge in [0.15, 0.2) is 5.82 Å². The summed E-state index contributed by atoms with van der Waals surface area (Å²) in [7, 11) is 0. The summed E-state index contributed by atoms with van der Waals surface area (Å²) in [4.78, 5) is 0. The molecule has 0 radical (unpaired) electrons. The number of nitrogens with zero attached hydrogens (tertiary/aromatic N) is 4. The largest absolute Gasteiger partial charge is 0.317 e. The van der Waals surface area contributed by atoms with Crippen molar-refractivity contribution in [1.29, 1.82) is 0 Å². The summed E-state index contributed by atoms with van der Waals surface area (Å²) in [5, 5.41) is 14.5. The lowest BCUT2D eigenvalue weighted by atomic mass is 9.98. The van der Waals surface area contributed by atoms with Crippen molar-refractivity contribution >= 4 is 0 Å². The fourth-order valence-electron chi connectivity index (χ4n) is 2.53. The predicted octanol–water partition coefficient (Wildman–Crippen LogP) is 1.62. The average Bonchev–Trinajstić information content (AvgIpc) is 2.88. The maximum atomic E-state index is 13.8. The summed E-state index contributed by atoms with van der Waals surface area (Å²) in [5.41, 5.74) is -0.161. The highest BCUT2D eigenvalue weighted by atomic mass is 19.1. The lowest BCUT2D eigenvalue weighted by Gasteiger charge is -2.22. The number of halogens is 2. The molecule has 1 aliphatic rings. The first-order valence-corrected chi connectivity index (χ1v) is 6.67. The first-order valence-electron chi connectivity index (χ1n) is 6.67. The van der Waals surface area contributed by atoms with E-state index in [2.05, 4.69) is 20.8 Å². The lowest BCUT2D eigenvalue weighted by Crippen LogP contribution is -2.30. The van der Waals surface area contributed by atoms with Gasteiger partial charge >= 0.3 is 0 Å². The fraction of sp³-hybridized carbons (Fsp3) is 0.462. The molecule has 7 heteroatoms. The van der Waals surface area contributed by atoms with Gasteiger partial charge in [-0.25, -0.2) is 13.5 Å². The first-order chi connectivity index (χ1) is 9.75. The molecule has 106 valence electrons. The molecule has 20 heavy (non-hydrogen) atoms. The Hall–Kier alpha value is -1.89. The molecule has 0 atom stereocenters. The molecule has 2 aromatic rings. The number of piperidine rings is 1. The summed E-state index contributed by atoms with van der Waals surface area (Å²) in [6, 6.07) is 3.75. The number of aromatic nitrogens is 4. The van der Waals surface area contributed by atoms with Gasteiger partial charge < -0.3 is 5.32 Å². The molecule has 0 bridgehead atoms. The summed E-state index contributed by atoms with van der Waals surface area (Å²) < 4.78 is 29.1. The topological polar surface area (TPSA) is 55.6 Å². The number of benzene rings is 1. The van der Waals surface area contributed by atoms with Crippen molar-refractivity contribution in [3.05, 3.63) is 29.8 Å². The Morgan fingerprint density at radius 1 is 1.20 bits per heavy atom. The minimum absolute atomic E-state index is 0.152. The second-order valence-electron chi connectivity index (χ2n) is 4.97. The molecule has 0 aliphatic carbocycles. The zero-order valence-electron chi connectivity index (χ0n) is 10.9. The SMILES string of the molecule is Fc1cccc(F)c1-c1nnnn1CC1CCNCC1. The van der Waals surface area contributed by atoms with E-state index in [4.69, 9.17) is 0 Å². The number of hydrogen-bond acceptors (Lipinski definition) is 4. The normalized spacial score (nSPS) is 16.5. The van der Waals surface area contributed by atoms with Crippen LogP contribution in [-0.4, -0.2) is 33.3 Å². The second-order valence-corrected chi connectivity index (χ2v) is 4.97. The van der Waals surface area contributed by atoms with Gasteiger partial charge in [0.05, 0.1) is 5.56 Å². The summed E-state index contributed by atoms with van der Waals surface area (Å²) in [6.45, 7) is 2.49. The van der Waals surface area contributed by atoms with Crippen molar-refractivity contribution in [3.63, 3.8) is 0 Å². The van der Waals surface area contributed by atoms with Crippen LogP contribution in [-0.2, 0) is 6.54 Å². The second kappa shape index (κ2) is 5.62. The van der Waals surface area contributed by atoms with Crippen LogP contribution >= 0.6 is 0 Å². The van der Waals surface area contributed by atoms with Crippen molar-refractivity contribution in [2.45, 2.75) is 19.4 Å². The van der Waals surface area contributed by atoms with Crippen LogP contribution < -0.4 is 5.32 Å². The van der Waals surface area contributed by atoms with Gasteiger partial charge in [-0.2, -0.15) is 0 Å². The molecule has 1 aliphatic heterocycles. The monoisotopic (exact) mass is 279 g/mol. The molecule has 2 heterocycles. The molecule has 1 N–H and O–H groups in total. The summed E-state index contributed by atoms with van der Waals surface area (Å²) in [6.07, 6.45) is 2.03. The van der Waals surface area contributed by atoms with E-state index in [-0.39, 0.29) is 11.4 Å². The van der Waals surface area contributed by atoms with Crippen LogP contribution in [0.2, 0.25) is 0 Å². The van der Waals surface area contributed by atoms with E-state index < -0.39 is 11.6 Å². The molecule has 1 aromatic heterocycles. The lowest BCUT2D eigenvalue weighted by molar-refractivity contribution is 0.319. The predicted molar refractivity (Wildman–Crippen MR) is 68.8 cm³/mol. The van der Waals surface area contributed by atoms with Gasteiger partial charge in [-0.1, -0.05) is 6.07 Å². The molecule has 5 nitrogen and oxygen atoms in total. The molecule has 0 saturated carbocycles. The summed E-state index contributed by atoms with van der Waals surface area (Å²) in [5.74, 6) is -0.717. The van der Waals surface area contributed by atoms with Crippen LogP contribution in [0, 0.1) is 17.6 Å². The Bertz CT molecular complexity index is 572. The molecule has 1 saturated heterocycles. The van der Waals surface area contributed by atoms with Crippen LogP contribution in [0.4, 0.5) is 8.78 Å². The zero-order valence-corrected chi connectivity index (χ0v) is 10.9. The van der Waals surface area contributed by atoms with E-state index in [1.807, 2.05) is 0 Å². The van der Waals surface area contributed by atoms with E-state index in [1.165, 1.54) is 22.9 Å². The molecule has 1 aromatic carbocycles. The van der Waals surface area contributed by atoms with Crippen molar-refractivity contribution in [3.8, 4) is 11.4 Å². The van der Waals surface area contributed by atoms with E-state index >= 15 is 0 Å². The average molecular weight is 279 g/mol. The van der Waals surface area contributed by atoms with Gasteiger partial charge in [0.2, 0.25) is 0 Å². The third-order valence-electron chi connectivity index (χ3n) is 3.61. The fourth-order valence-corrected chi connectivity index (χ4v) is 2.53. The molecule has 0 spiro atoms. The standard InChI is InChI=1S/C13H15F2N5/c14-10-2-1-3-11(15)12(10)13-17-18-19-20(13)8-9-4-6-16-7-5-9/h1-3,9,16H,4-8H2. The van der Waals surface area contributed by atoms with Crippen molar-refractivity contribution in [2.75, 3.05) is 13.1 Å². The molecule has 0 unspecified atom stereocenters. The molecule has 0 amide bonds. The molecule has 1 fully saturated rings. The minimum atomic E-state index is -0.647. The van der Waals surface area contributed by atoms with Crippen molar-refractivity contribution in [1.82, 2.24) is 25.5 Å². The summed E-state index contributed by atoms with van der Waals surface area (Å²) >= 11 is 0. The van der Waals surface area contributed by atoms with E-state index in [0.717, 1.165) is 25.9 Å². The van der Waals surface area contributed by atoms with Gasteiger partial charge in [0.1, 0.15) is 11.6 Å². The van der Waals surface area contributed by atoms with E-state index in [0.29, 0.717) is 12.5 Å². The number of hydrogen-bond donors (Lipinski definition) is 1. The third-order valence-corrected chi connectivity index (χ3v) is 3.61. The van der Waals surface area contributed by atoms with Gasteiger partial charge in [-0.05, 0) is 54.4 Å². The Balaban J connectivity index is 1.89. The Labute approximate surface area is 115 Å². The van der Waals surface area contributed by atoms with E-state index in [1.54, 1.807) is 0 Å². The first kappa shape index (κ1) is 13.1. The molecular weight excluding hydrogens is 264 g/mol. The third kappa shape index (κ3) is 2.53. The highest BCUT2D eigenvalue weighted by Crippen LogP contribution is 2.24. The van der Waals surface area contributed by atoms with Crippen LogP contribution in [0.15, 0.2) is 18.2 Å². The van der Waals surface area contributed by atoms with Crippen molar-refractivity contribution in [2.24, 2.45) is 5.92 Å². The minimum Gasteiger partial charge on any atom is -0.317 e. The Morgan fingerprint density at radius 3 is 2.60 bits per heavy atom. The van der Waals surface area contributed by atoms with Gasteiger partial charge in [0, 0.05) is 6.54 Å². The van der Waals surface area contributed by atoms with Crippen molar-refractivity contribution < 1.29 is 8.78 Å². The Morgan fingerprint density at radius 2 is 1.90 bits per heavy atom. The van der Waals surface area contributed by atoms with Gasteiger partial charge in [-0.3, -0.25) is 0 Å². The van der Waals surface area contributed by atoms with Crippen LogP contribution in [0.3, 0.4) is 0 Å². The highest BCUT2D eigenvalue weighted by Gasteiger charge is 2.21. The maximum absolute atomic E-state index is 13.8. The molecule has 3 rings (SSSR count). The number of tetrazole rings is 1. The molecular formula is C13H15F2N5. The van der Waals surface area contributed by atoms with E-state index in [9.17, 15) is 8.78 Å². The quantitative estimate of drug-likeness (QED) is 0.927. The van der Waals surface area contributed by atoms with Gasteiger partial charge in [0.25, 0.3) is 0 Å². The van der Waals surface area contributed by atoms with Crippen LogP contribution in [0.1, 0.15) is 12.8 Å². The maximum Gasteiger partial charge on any atom is 0.187 e. The number of rotatable bonds is 3. The smallest absolute Gasteiger partial charge is 0.187 e. The highest BCUT2D eigenvalue weighted by molar-refractivity contribution is 5.56. The van der Waals surface area contributed by atoms with Crippen LogP contribution in [0.25, 0.3) is 11.4 Å².